The van der Waals surface area contributed by atoms with Crippen LogP contribution in [0.5, 0.6) is 5.75 Å². The zero-order valence-electron chi connectivity index (χ0n) is 15.3. The first-order valence-corrected chi connectivity index (χ1v) is 10.5. The van der Waals surface area contributed by atoms with Crippen LogP contribution >= 0.6 is 0 Å². The molecule has 146 valence electrons. The number of carbonyl (C=O) groups is 2. The molecule has 0 aliphatic carbocycles. The van der Waals surface area contributed by atoms with E-state index in [-0.39, 0.29) is 11.4 Å². The number of rotatable bonds is 2. The van der Waals surface area contributed by atoms with Gasteiger partial charge in [-0.15, -0.1) is 0 Å². The van der Waals surface area contributed by atoms with Gasteiger partial charge in [-0.1, -0.05) is 30.3 Å². The van der Waals surface area contributed by atoms with Gasteiger partial charge in [0.1, 0.15) is 17.4 Å². The maximum atomic E-state index is 13.2. The van der Waals surface area contributed by atoms with E-state index in [2.05, 4.69) is 0 Å². The molecular weight excluding hydrogens is 382 g/mol. The monoisotopic (exact) mass is 401 g/mol. The molecule has 2 atom stereocenters. The summed E-state index contributed by atoms with van der Waals surface area (Å²) in [4.78, 5) is 27.6. The third-order valence-corrected chi connectivity index (χ3v) is 6.45. The minimum atomic E-state index is -3.51. The molecule has 2 aliphatic heterocycles. The number of urea groups is 2. The quantitative estimate of drug-likeness (QED) is 0.828. The van der Waals surface area contributed by atoms with E-state index in [4.69, 9.17) is 10.5 Å². The molecule has 1 fully saturated rings. The maximum Gasteiger partial charge on any atom is 0.333 e. The number of nitrogens with two attached hydrogens (primary N) is 1. The van der Waals surface area contributed by atoms with E-state index in [1.54, 1.807) is 0 Å². The number of hydrogen-bond acceptors (Lipinski definition) is 5. The SMILES string of the molecule is CC1Oc2ccc(S(C)(=O)=O)cc2N2C(=O)N(C(N)=O)CC12c1ccccc1. The Morgan fingerprint density at radius 2 is 1.89 bits per heavy atom. The molecule has 1 saturated heterocycles. The minimum absolute atomic E-state index is 0.00507. The van der Waals surface area contributed by atoms with Crippen molar-refractivity contribution in [3.8, 4) is 5.75 Å². The van der Waals surface area contributed by atoms with Gasteiger partial charge in [0.05, 0.1) is 17.1 Å². The van der Waals surface area contributed by atoms with E-state index in [0.29, 0.717) is 11.4 Å². The summed E-state index contributed by atoms with van der Waals surface area (Å²) in [5.74, 6) is 0.367. The van der Waals surface area contributed by atoms with E-state index in [1.807, 2.05) is 37.3 Å². The van der Waals surface area contributed by atoms with Gasteiger partial charge in [-0.25, -0.2) is 22.9 Å². The Morgan fingerprint density at radius 1 is 1.21 bits per heavy atom. The standard InChI is InChI=1S/C19H19N3O5S/c1-12-19(13-6-4-3-5-7-13)11-21(17(20)23)18(24)22(19)15-10-14(28(2,25)26)8-9-16(15)27-12/h3-10,12H,11H2,1-2H3,(H2,20,23). The molecule has 8 nitrogen and oxygen atoms in total. The van der Waals surface area contributed by atoms with Crippen LogP contribution in [0.2, 0.25) is 0 Å². The summed E-state index contributed by atoms with van der Waals surface area (Å²) in [5.41, 5.74) is 5.47. The van der Waals surface area contributed by atoms with Crippen molar-refractivity contribution in [3.63, 3.8) is 0 Å². The Morgan fingerprint density at radius 3 is 2.50 bits per heavy atom. The molecule has 4 rings (SSSR count). The lowest BCUT2D eigenvalue weighted by atomic mass is 9.82. The van der Waals surface area contributed by atoms with E-state index in [9.17, 15) is 18.0 Å². The van der Waals surface area contributed by atoms with Gasteiger partial charge in [-0.05, 0) is 30.7 Å². The smallest absolute Gasteiger partial charge is 0.333 e. The molecule has 9 heteroatoms. The second-order valence-corrected chi connectivity index (χ2v) is 9.01. The zero-order chi connectivity index (χ0) is 20.3. The lowest BCUT2D eigenvalue weighted by Crippen LogP contribution is -2.57. The fourth-order valence-electron chi connectivity index (χ4n) is 3.94. The van der Waals surface area contributed by atoms with Gasteiger partial charge >= 0.3 is 12.1 Å². The minimum Gasteiger partial charge on any atom is -0.486 e. The number of ether oxygens (including phenoxy) is 1. The predicted octanol–water partition coefficient (Wildman–Crippen LogP) is 2.09. The summed E-state index contributed by atoms with van der Waals surface area (Å²) in [6.07, 6.45) is 0.576. The molecule has 28 heavy (non-hydrogen) atoms. The molecule has 0 radical (unpaired) electrons. The van der Waals surface area contributed by atoms with Gasteiger partial charge in [-0.3, -0.25) is 4.90 Å². The van der Waals surface area contributed by atoms with Gasteiger partial charge < -0.3 is 10.5 Å². The van der Waals surface area contributed by atoms with Crippen molar-refractivity contribution >= 4 is 27.6 Å². The second-order valence-electron chi connectivity index (χ2n) is 6.99. The van der Waals surface area contributed by atoms with Crippen LogP contribution in [0.4, 0.5) is 15.3 Å². The van der Waals surface area contributed by atoms with Crippen molar-refractivity contribution in [1.82, 2.24) is 4.90 Å². The number of imide groups is 1. The molecule has 2 unspecified atom stereocenters. The van der Waals surface area contributed by atoms with E-state index in [0.717, 1.165) is 16.7 Å². The molecule has 0 saturated carbocycles. The van der Waals surface area contributed by atoms with Crippen molar-refractivity contribution in [2.24, 2.45) is 5.73 Å². The molecule has 2 heterocycles. The Hall–Kier alpha value is -3.07. The van der Waals surface area contributed by atoms with Crippen molar-refractivity contribution in [1.29, 1.82) is 0 Å². The summed E-state index contributed by atoms with van der Waals surface area (Å²) < 4.78 is 30.2. The molecule has 0 bridgehead atoms. The first-order chi connectivity index (χ1) is 13.2. The third-order valence-electron chi connectivity index (χ3n) is 5.34. The van der Waals surface area contributed by atoms with Crippen LogP contribution in [0, 0.1) is 0 Å². The number of amides is 4. The molecule has 4 amide bonds. The van der Waals surface area contributed by atoms with Crippen LogP contribution in [0.1, 0.15) is 12.5 Å². The number of primary amides is 1. The van der Waals surface area contributed by atoms with Crippen LogP contribution in [0.25, 0.3) is 0 Å². The van der Waals surface area contributed by atoms with E-state index in [1.165, 1.54) is 23.1 Å². The molecule has 2 aromatic rings. The molecule has 2 aromatic carbocycles. The first kappa shape index (κ1) is 18.3. The Balaban J connectivity index is 2.00. The van der Waals surface area contributed by atoms with Crippen molar-refractivity contribution < 1.29 is 22.7 Å². The first-order valence-electron chi connectivity index (χ1n) is 8.64. The maximum absolute atomic E-state index is 13.2. The van der Waals surface area contributed by atoms with Crippen LogP contribution in [-0.2, 0) is 15.4 Å². The zero-order valence-corrected chi connectivity index (χ0v) is 16.1. The van der Waals surface area contributed by atoms with Crippen LogP contribution in [0.3, 0.4) is 0 Å². The average Bonchev–Trinajstić information content (AvgIpc) is 2.97. The molecule has 0 spiro atoms. The Kier molecular flexibility index (Phi) is 3.90. The Bertz CT molecular complexity index is 1090. The van der Waals surface area contributed by atoms with E-state index >= 15 is 0 Å². The highest BCUT2D eigenvalue weighted by Crippen LogP contribution is 2.50. The van der Waals surface area contributed by atoms with E-state index < -0.39 is 33.5 Å². The highest BCUT2D eigenvalue weighted by atomic mass is 32.2. The fraction of sp³-hybridized carbons (Fsp3) is 0.263. The molecule has 0 aromatic heterocycles. The number of nitrogens with zero attached hydrogens (tertiary/aromatic N) is 2. The molecule has 2 N–H and O–H groups in total. The van der Waals surface area contributed by atoms with Crippen molar-refractivity contribution in [2.45, 2.75) is 23.5 Å². The number of carbonyl (C=O) groups excluding carboxylic acids is 2. The fourth-order valence-corrected chi connectivity index (χ4v) is 4.58. The average molecular weight is 401 g/mol. The number of hydrogen-bond donors (Lipinski definition) is 1. The largest absolute Gasteiger partial charge is 0.486 e. The highest BCUT2D eigenvalue weighted by Gasteiger charge is 2.60. The predicted molar refractivity (Wildman–Crippen MR) is 102 cm³/mol. The van der Waals surface area contributed by atoms with Gasteiger partial charge in [0.2, 0.25) is 0 Å². The normalized spacial score (nSPS) is 23.8. The van der Waals surface area contributed by atoms with Gasteiger partial charge in [0.25, 0.3) is 0 Å². The highest BCUT2D eigenvalue weighted by molar-refractivity contribution is 7.90. The van der Waals surface area contributed by atoms with Gasteiger partial charge in [-0.2, -0.15) is 0 Å². The second kappa shape index (κ2) is 5.96. The van der Waals surface area contributed by atoms with Crippen LogP contribution in [-0.4, -0.2) is 44.3 Å². The summed E-state index contributed by atoms with van der Waals surface area (Å²) in [7, 11) is -3.51. The summed E-state index contributed by atoms with van der Waals surface area (Å²) in [6, 6.07) is 12.1. The lowest BCUT2D eigenvalue weighted by Gasteiger charge is -2.46. The summed E-state index contributed by atoms with van der Waals surface area (Å²) in [5, 5.41) is 0. The summed E-state index contributed by atoms with van der Waals surface area (Å²) in [6.45, 7) is 1.81. The lowest BCUT2D eigenvalue weighted by molar-refractivity contribution is 0.112. The Labute approximate surface area is 162 Å². The van der Waals surface area contributed by atoms with Crippen molar-refractivity contribution in [2.75, 3.05) is 17.7 Å². The topological polar surface area (TPSA) is 110 Å². The van der Waals surface area contributed by atoms with Crippen molar-refractivity contribution in [3.05, 3.63) is 54.1 Å². The van der Waals surface area contributed by atoms with Crippen LogP contribution in [0.15, 0.2) is 53.4 Å². The summed E-state index contributed by atoms with van der Waals surface area (Å²) >= 11 is 0. The molecular formula is C19H19N3O5S. The van der Waals surface area contributed by atoms with Crippen LogP contribution < -0.4 is 15.4 Å². The number of benzene rings is 2. The van der Waals surface area contributed by atoms with Gasteiger partial charge in [0.15, 0.2) is 9.84 Å². The van der Waals surface area contributed by atoms with Gasteiger partial charge in [0, 0.05) is 6.26 Å². The third kappa shape index (κ3) is 2.46. The molecule has 2 aliphatic rings. The number of anilines is 1. The number of fused-ring (bicyclic) bond motifs is 3. The number of sulfone groups is 1.